The van der Waals surface area contributed by atoms with Crippen molar-refractivity contribution in [1.29, 1.82) is 0 Å². The van der Waals surface area contributed by atoms with Gasteiger partial charge in [0.2, 0.25) is 5.88 Å². The topological polar surface area (TPSA) is 25.4 Å². The van der Waals surface area contributed by atoms with Crippen molar-refractivity contribution in [3.05, 3.63) is 23.4 Å². The Kier molecular flexibility index (Phi) is 6.28. The molecule has 6 heteroatoms. The average molecular weight is 281 g/mol. The van der Waals surface area contributed by atoms with Gasteiger partial charge in [0.1, 0.15) is 6.61 Å². The van der Waals surface area contributed by atoms with Crippen LogP contribution in [-0.2, 0) is 0 Å². The molecule has 0 saturated carbocycles. The van der Waals surface area contributed by atoms with Gasteiger partial charge in [-0.2, -0.15) is 0 Å². The number of hydrogen-bond donors (Lipinski definition) is 0. The Bertz CT molecular complexity index is 304. The molecular formula is C10H14Cl2N2OS. The SMILES string of the molecule is Cl.Clc1ccc(OCCN2CCSC2)nc1. The first kappa shape index (κ1) is 13.9. The zero-order valence-electron chi connectivity index (χ0n) is 8.76. The Hall–Kier alpha value is -0.160. The van der Waals surface area contributed by atoms with E-state index in [0.717, 1.165) is 12.4 Å². The molecule has 0 atom stereocenters. The van der Waals surface area contributed by atoms with E-state index >= 15 is 0 Å². The number of hydrogen-bond acceptors (Lipinski definition) is 4. The Morgan fingerprint density at radius 2 is 2.38 bits per heavy atom. The van der Waals surface area contributed by atoms with Gasteiger partial charge in [-0.25, -0.2) is 4.98 Å². The molecule has 2 heterocycles. The van der Waals surface area contributed by atoms with Crippen LogP contribution >= 0.6 is 35.8 Å². The summed E-state index contributed by atoms with van der Waals surface area (Å²) in [6, 6.07) is 3.58. The number of ether oxygens (including phenoxy) is 1. The van der Waals surface area contributed by atoms with Gasteiger partial charge in [0.15, 0.2) is 0 Å². The second kappa shape index (κ2) is 7.22. The van der Waals surface area contributed by atoms with E-state index < -0.39 is 0 Å². The van der Waals surface area contributed by atoms with Gasteiger partial charge >= 0.3 is 0 Å². The van der Waals surface area contributed by atoms with Gasteiger partial charge in [0.05, 0.1) is 5.02 Å². The first-order valence-corrected chi connectivity index (χ1v) is 6.42. The Morgan fingerprint density at radius 1 is 1.50 bits per heavy atom. The summed E-state index contributed by atoms with van der Waals surface area (Å²) < 4.78 is 5.50. The molecule has 1 saturated heterocycles. The van der Waals surface area contributed by atoms with Crippen LogP contribution < -0.4 is 4.74 Å². The van der Waals surface area contributed by atoms with Crippen molar-refractivity contribution in [2.75, 3.05) is 31.3 Å². The molecule has 1 fully saturated rings. The van der Waals surface area contributed by atoms with Crippen molar-refractivity contribution < 1.29 is 4.74 Å². The van der Waals surface area contributed by atoms with Crippen LogP contribution in [0, 0.1) is 0 Å². The second-order valence-electron chi connectivity index (χ2n) is 3.32. The summed E-state index contributed by atoms with van der Waals surface area (Å²) in [4.78, 5) is 6.44. The molecule has 90 valence electrons. The predicted molar refractivity (Wildman–Crippen MR) is 70.9 cm³/mol. The lowest BCUT2D eigenvalue weighted by atomic mass is 10.5. The summed E-state index contributed by atoms with van der Waals surface area (Å²) in [5.41, 5.74) is 0. The third kappa shape index (κ3) is 4.37. The largest absolute Gasteiger partial charge is 0.476 e. The molecule has 3 nitrogen and oxygen atoms in total. The van der Waals surface area contributed by atoms with Crippen molar-refractivity contribution in [3.8, 4) is 5.88 Å². The summed E-state index contributed by atoms with van der Waals surface area (Å²) in [5.74, 6) is 3.00. The number of nitrogens with zero attached hydrogens (tertiary/aromatic N) is 2. The number of thioether (sulfide) groups is 1. The molecule has 0 unspecified atom stereocenters. The summed E-state index contributed by atoms with van der Waals surface area (Å²) in [7, 11) is 0. The highest BCUT2D eigenvalue weighted by molar-refractivity contribution is 7.99. The van der Waals surface area contributed by atoms with E-state index in [1.54, 1.807) is 18.3 Å². The van der Waals surface area contributed by atoms with Crippen LogP contribution in [-0.4, -0.2) is 41.2 Å². The van der Waals surface area contributed by atoms with Gasteiger partial charge < -0.3 is 4.74 Å². The molecule has 2 rings (SSSR count). The van der Waals surface area contributed by atoms with Crippen LogP contribution in [0.4, 0.5) is 0 Å². The minimum absolute atomic E-state index is 0. The van der Waals surface area contributed by atoms with Gasteiger partial charge in [-0.05, 0) is 6.07 Å². The summed E-state index contributed by atoms with van der Waals surface area (Å²) >= 11 is 7.69. The molecule has 1 aromatic heterocycles. The van der Waals surface area contributed by atoms with Crippen LogP contribution in [0.3, 0.4) is 0 Å². The molecule has 0 bridgehead atoms. The zero-order chi connectivity index (χ0) is 10.5. The van der Waals surface area contributed by atoms with E-state index in [1.807, 2.05) is 11.8 Å². The molecule has 0 radical (unpaired) electrons. The highest BCUT2D eigenvalue weighted by Gasteiger charge is 2.11. The molecule has 16 heavy (non-hydrogen) atoms. The fourth-order valence-electron chi connectivity index (χ4n) is 1.36. The molecule has 1 aromatic rings. The van der Waals surface area contributed by atoms with Crippen LogP contribution in [0.1, 0.15) is 0 Å². The molecule has 0 amide bonds. The van der Waals surface area contributed by atoms with E-state index in [2.05, 4.69) is 9.88 Å². The highest BCUT2D eigenvalue weighted by atomic mass is 35.5. The minimum atomic E-state index is 0. The van der Waals surface area contributed by atoms with Crippen LogP contribution in [0.2, 0.25) is 5.02 Å². The highest BCUT2D eigenvalue weighted by Crippen LogP contribution is 2.13. The van der Waals surface area contributed by atoms with Gasteiger partial charge in [-0.3, -0.25) is 4.90 Å². The molecule has 0 N–H and O–H groups in total. The predicted octanol–water partition coefficient (Wildman–Crippen LogP) is 2.54. The molecule has 0 aliphatic carbocycles. The Balaban J connectivity index is 0.00000128. The van der Waals surface area contributed by atoms with E-state index in [0.29, 0.717) is 17.5 Å². The quantitative estimate of drug-likeness (QED) is 0.847. The first-order chi connectivity index (χ1) is 7.34. The molecule has 1 aliphatic rings. The smallest absolute Gasteiger partial charge is 0.213 e. The zero-order valence-corrected chi connectivity index (χ0v) is 11.2. The van der Waals surface area contributed by atoms with Crippen molar-refractivity contribution in [1.82, 2.24) is 9.88 Å². The number of aromatic nitrogens is 1. The second-order valence-corrected chi connectivity index (χ2v) is 4.83. The maximum Gasteiger partial charge on any atom is 0.213 e. The van der Waals surface area contributed by atoms with Crippen molar-refractivity contribution in [2.45, 2.75) is 0 Å². The maximum absolute atomic E-state index is 5.72. The lowest BCUT2D eigenvalue weighted by Gasteiger charge is -2.13. The molecule has 0 spiro atoms. The lowest BCUT2D eigenvalue weighted by molar-refractivity contribution is 0.238. The van der Waals surface area contributed by atoms with E-state index in [9.17, 15) is 0 Å². The molecular weight excluding hydrogens is 267 g/mol. The van der Waals surface area contributed by atoms with Crippen molar-refractivity contribution >= 4 is 35.8 Å². The number of halogens is 2. The van der Waals surface area contributed by atoms with Crippen LogP contribution in [0.5, 0.6) is 5.88 Å². The third-order valence-corrected chi connectivity index (χ3v) is 3.43. The minimum Gasteiger partial charge on any atom is -0.476 e. The standard InChI is InChI=1S/C10H13ClN2OS.ClH/c11-9-1-2-10(12-7-9)14-5-3-13-4-6-15-8-13;/h1-2,7H,3-6,8H2;1H. The molecule has 0 aromatic carbocycles. The normalized spacial score (nSPS) is 15.8. The third-order valence-electron chi connectivity index (χ3n) is 2.18. The van der Waals surface area contributed by atoms with Crippen molar-refractivity contribution in [3.63, 3.8) is 0 Å². The number of rotatable bonds is 4. The fraction of sp³-hybridized carbons (Fsp3) is 0.500. The monoisotopic (exact) mass is 280 g/mol. The number of pyridine rings is 1. The lowest BCUT2D eigenvalue weighted by Crippen LogP contribution is -2.25. The summed E-state index contributed by atoms with van der Waals surface area (Å²) in [5, 5.41) is 0.637. The Labute approximate surface area is 111 Å². The van der Waals surface area contributed by atoms with E-state index in [4.69, 9.17) is 16.3 Å². The van der Waals surface area contributed by atoms with Gasteiger partial charge in [0.25, 0.3) is 0 Å². The van der Waals surface area contributed by atoms with Gasteiger partial charge in [0, 0.05) is 37.0 Å². The molecule has 1 aliphatic heterocycles. The fourth-order valence-corrected chi connectivity index (χ4v) is 2.50. The van der Waals surface area contributed by atoms with E-state index in [1.165, 1.54) is 12.3 Å². The average Bonchev–Trinajstić information content (AvgIpc) is 2.74. The van der Waals surface area contributed by atoms with Crippen LogP contribution in [0.25, 0.3) is 0 Å². The van der Waals surface area contributed by atoms with Gasteiger partial charge in [-0.1, -0.05) is 11.6 Å². The Morgan fingerprint density at radius 3 is 3.00 bits per heavy atom. The summed E-state index contributed by atoms with van der Waals surface area (Å²) in [6.45, 7) is 2.83. The summed E-state index contributed by atoms with van der Waals surface area (Å²) in [6.07, 6.45) is 1.60. The van der Waals surface area contributed by atoms with Crippen LogP contribution in [0.15, 0.2) is 18.3 Å². The van der Waals surface area contributed by atoms with Gasteiger partial charge in [-0.15, -0.1) is 24.2 Å². The van der Waals surface area contributed by atoms with Crippen molar-refractivity contribution in [2.24, 2.45) is 0 Å². The first-order valence-electron chi connectivity index (χ1n) is 4.89. The van der Waals surface area contributed by atoms with E-state index in [-0.39, 0.29) is 12.4 Å². The maximum atomic E-state index is 5.72.